The molecule has 4 aliphatic rings. The van der Waals surface area contributed by atoms with E-state index in [-0.39, 0.29) is 47.9 Å². The highest BCUT2D eigenvalue weighted by Gasteiger charge is 2.45. The number of anilines is 1. The number of benzene rings is 3. The van der Waals surface area contributed by atoms with Crippen molar-refractivity contribution in [2.24, 2.45) is 4.99 Å². The van der Waals surface area contributed by atoms with Crippen LogP contribution in [0.3, 0.4) is 0 Å². The van der Waals surface area contributed by atoms with Gasteiger partial charge >= 0.3 is 6.09 Å². The number of amides is 3. The van der Waals surface area contributed by atoms with Crippen molar-refractivity contribution < 1.29 is 38.4 Å². The fourth-order valence-electron chi connectivity index (χ4n) is 7.55. The molecule has 7 rings (SSSR count). The van der Waals surface area contributed by atoms with Gasteiger partial charge < -0.3 is 33.9 Å². The van der Waals surface area contributed by atoms with Crippen molar-refractivity contribution in [2.75, 3.05) is 25.2 Å². The Labute approximate surface area is 333 Å². The average molecular weight is 773 g/mol. The molecule has 0 saturated heterocycles. The number of nitrogens with zero attached hydrogens (tertiary/aromatic N) is 4. The van der Waals surface area contributed by atoms with Crippen LogP contribution >= 0.6 is 0 Å². The zero-order valence-corrected chi connectivity index (χ0v) is 32.9. The molecule has 0 bridgehead atoms. The minimum absolute atomic E-state index is 0.0222. The van der Waals surface area contributed by atoms with E-state index >= 15 is 0 Å². The Morgan fingerprint density at radius 1 is 0.860 bits per heavy atom. The van der Waals surface area contributed by atoms with Crippen LogP contribution in [0.5, 0.6) is 17.2 Å². The molecule has 12 nitrogen and oxygen atoms in total. The van der Waals surface area contributed by atoms with E-state index in [1.165, 1.54) is 18.1 Å². The van der Waals surface area contributed by atoms with Crippen LogP contribution < -0.4 is 19.1 Å². The van der Waals surface area contributed by atoms with Crippen LogP contribution in [0.1, 0.15) is 77.4 Å². The average Bonchev–Trinajstić information content (AvgIpc) is 3.79. The van der Waals surface area contributed by atoms with Gasteiger partial charge in [0.1, 0.15) is 12.4 Å². The first-order valence-corrected chi connectivity index (χ1v) is 19.3. The summed E-state index contributed by atoms with van der Waals surface area (Å²) in [6, 6.07) is 13.6. The SMILES string of the molecule is C/C=C/C1=CN2C(=O)c3cc(C)c(OCCCOc4cc5c(cc4OC)C(=O)N4C=C(/C=C/C)C[C@H]4[C@H](O)N5C(=O)OCc4ccc(CC)cc4)cc3N=C[C@@H]2C1. The summed E-state index contributed by atoms with van der Waals surface area (Å²) in [4.78, 5) is 50.5. The third kappa shape index (κ3) is 7.95. The monoisotopic (exact) mass is 772 g/mol. The second-order valence-electron chi connectivity index (χ2n) is 14.4. The third-order valence-electron chi connectivity index (χ3n) is 10.5. The molecule has 3 atom stereocenters. The molecule has 0 saturated carbocycles. The van der Waals surface area contributed by atoms with Gasteiger partial charge in [0.15, 0.2) is 17.7 Å². The minimum Gasteiger partial charge on any atom is -0.493 e. The second kappa shape index (κ2) is 16.9. The molecule has 0 unspecified atom stereocenters. The van der Waals surface area contributed by atoms with Crippen molar-refractivity contribution in [1.29, 1.82) is 0 Å². The number of hydrogen-bond acceptors (Lipinski definition) is 9. The fourth-order valence-corrected chi connectivity index (χ4v) is 7.55. The second-order valence-corrected chi connectivity index (χ2v) is 14.4. The fraction of sp³-hybridized carbons (Fsp3) is 0.333. The number of hydrogen-bond donors (Lipinski definition) is 1. The first-order valence-electron chi connectivity index (χ1n) is 19.3. The molecule has 4 aliphatic heterocycles. The quantitative estimate of drug-likeness (QED) is 0.184. The lowest BCUT2D eigenvalue weighted by atomic mass is 10.1. The molecule has 3 amide bonds. The van der Waals surface area contributed by atoms with E-state index in [1.54, 1.807) is 23.2 Å². The maximum atomic E-state index is 14.1. The Balaban J connectivity index is 1.07. The predicted octanol–water partition coefficient (Wildman–Crippen LogP) is 7.95. The Hall–Kier alpha value is -6.14. The molecule has 0 radical (unpaired) electrons. The van der Waals surface area contributed by atoms with E-state index < -0.39 is 24.3 Å². The zero-order chi connectivity index (χ0) is 40.2. The molecular weight excluding hydrogens is 725 g/mol. The topological polar surface area (TPSA) is 130 Å². The van der Waals surface area contributed by atoms with E-state index in [2.05, 4.69) is 11.9 Å². The molecule has 0 spiro atoms. The summed E-state index contributed by atoms with van der Waals surface area (Å²) < 4.78 is 23.8. The van der Waals surface area contributed by atoms with E-state index in [4.69, 9.17) is 18.9 Å². The summed E-state index contributed by atoms with van der Waals surface area (Å²) in [6.07, 6.45) is 13.3. The molecule has 4 heterocycles. The van der Waals surface area contributed by atoms with Crippen molar-refractivity contribution in [3.8, 4) is 17.2 Å². The number of carbonyl (C=O) groups is 3. The largest absolute Gasteiger partial charge is 0.493 e. The number of carbonyl (C=O) groups excluding carboxylic acids is 3. The number of ether oxygens (including phenoxy) is 4. The number of rotatable bonds is 12. The third-order valence-corrected chi connectivity index (χ3v) is 10.5. The number of methoxy groups -OCH3 is 1. The lowest BCUT2D eigenvalue weighted by Crippen LogP contribution is -2.50. The summed E-state index contributed by atoms with van der Waals surface area (Å²) in [5.74, 6) is 0.688. The molecule has 3 aromatic carbocycles. The van der Waals surface area contributed by atoms with Crippen LogP contribution in [0.15, 0.2) is 101 Å². The number of aliphatic imine (C=N–C) groups is 1. The molecule has 0 aromatic heterocycles. The Morgan fingerprint density at radius 3 is 2.23 bits per heavy atom. The van der Waals surface area contributed by atoms with Crippen molar-refractivity contribution >= 4 is 35.5 Å². The molecule has 12 heteroatoms. The van der Waals surface area contributed by atoms with Crippen LogP contribution in [0.2, 0.25) is 0 Å². The van der Waals surface area contributed by atoms with Crippen molar-refractivity contribution in [2.45, 2.75) is 78.3 Å². The van der Waals surface area contributed by atoms with Gasteiger partial charge in [-0.2, -0.15) is 0 Å². The maximum Gasteiger partial charge on any atom is 0.416 e. The lowest BCUT2D eigenvalue weighted by Gasteiger charge is -2.31. The van der Waals surface area contributed by atoms with Crippen LogP contribution in [0, 0.1) is 6.92 Å². The summed E-state index contributed by atoms with van der Waals surface area (Å²) in [5.41, 5.74) is 6.07. The van der Waals surface area contributed by atoms with E-state index in [1.807, 2.05) is 87.8 Å². The summed E-state index contributed by atoms with van der Waals surface area (Å²) in [6.45, 7) is 8.27. The predicted molar refractivity (Wildman–Crippen MR) is 217 cm³/mol. The first-order chi connectivity index (χ1) is 27.6. The summed E-state index contributed by atoms with van der Waals surface area (Å²) >= 11 is 0. The van der Waals surface area contributed by atoms with Gasteiger partial charge in [-0.05, 0) is 80.0 Å². The van der Waals surface area contributed by atoms with Gasteiger partial charge in [-0.1, -0.05) is 55.5 Å². The maximum absolute atomic E-state index is 14.1. The molecule has 57 heavy (non-hydrogen) atoms. The zero-order valence-electron chi connectivity index (χ0n) is 32.9. The Bertz CT molecular complexity index is 2200. The van der Waals surface area contributed by atoms with Crippen LogP contribution in [-0.4, -0.2) is 77.7 Å². The summed E-state index contributed by atoms with van der Waals surface area (Å²) in [5, 5.41) is 11.8. The van der Waals surface area contributed by atoms with Crippen LogP contribution in [-0.2, 0) is 17.8 Å². The molecule has 0 aliphatic carbocycles. The van der Waals surface area contributed by atoms with Gasteiger partial charge in [-0.3, -0.25) is 14.6 Å². The highest BCUT2D eigenvalue weighted by atomic mass is 16.6. The minimum atomic E-state index is -1.42. The highest BCUT2D eigenvalue weighted by Crippen LogP contribution is 2.42. The van der Waals surface area contributed by atoms with Gasteiger partial charge in [-0.25, -0.2) is 9.69 Å². The molecular formula is C45H48N4O8. The number of allylic oxidation sites excluding steroid dienone is 4. The number of aryl methyl sites for hydroxylation is 2. The van der Waals surface area contributed by atoms with E-state index in [0.717, 1.165) is 39.2 Å². The highest BCUT2D eigenvalue weighted by molar-refractivity contribution is 6.07. The molecule has 0 fully saturated rings. The molecule has 296 valence electrons. The van der Waals surface area contributed by atoms with Gasteiger partial charge in [-0.15, -0.1) is 0 Å². The van der Waals surface area contributed by atoms with Crippen molar-refractivity contribution in [1.82, 2.24) is 9.80 Å². The van der Waals surface area contributed by atoms with Gasteiger partial charge in [0, 0.05) is 37.2 Å². The standard InChI is InChI=1S/C45H48N4O8/c1-6-10-31-19-33-24-46-36-22-39(28(4)18-34(36)42(50)47(33)25-31)55-16-9-17-56-41-23-37-35(21-40(41)54-5)43(51)48-26-32(11-7-2)20-38(48)44(52)49(37)45(53)57-27-30-14-12-29(8-3)13-15-30/h6-7,10-15,18,21-26,33,38,44,52H,8-9,16-17,19-20,27H2,1-5H3/b10-6+,11-7+/t33-,38-,44-/m0/s1. The molecule has 1 N–H and O–H groups in total. The van der Waals surface area contributed by atoms with Gasteiger partial charge in [0.05, 0.1) is 54.9 Å². The van der Waals surface area contributed by atoms with Crippen LogP contribution in [0.25, 0.3) is 0 Å². The van der Waals surface area contributed by atoms with E-state index in [0.29, 0.717) is 42.9 Å². The van der Waals surface area contributed by atoms with E-state index in [9.17, 15) is 19.5 Å². The Morgan fingerprint density at radius 2 is 1.53 bits per heavy atom. The first kappa shape index (κ1) is 39.1. The van der Waals surface area contributed by atoms with Gasteiger partial charge in [0.2, 0.25) is 0 Å². The lowest BCUT2D eigenvalue weighted by molar-refractivity contribution is 0.0545. The Kier molecular flexibility index (Phi) is 11.6. The van der Waals surface area contributed by atoms with Crippen molar-refractivity contribution in [3.05, 3.63) is 124 Å². The smallest absolute Gasteiger partial charge is 0.416 e. The number of fused-ring (bicyclic) bond motifs is 4. The summed E-state index contributed by atoms with van der Waals surface area (Å²) in [7, 11) is 1.47. The van der Waals surface area contributed by atoms with Crippen LogP contribution in [0.4, 0.5) is 16.2 Å². The number of aliphatic hydroxyl groups is 1. The number of aliphatic hydroxyl groups excluding tert-OH is 1. The van der Waals surface area contributed by atoms with Gasteiger partial charge in [0.25, 0.3) is 11.8 Å². The normalized spacial score (nSPS) is 19.8. The molecule has 3 aromatic rings. The van der Waals surface area contributed by atoms with Crippen molar-refractivity contribution in [3.63, 3.8) is 0 Å².